The van der Waals surface area contributed by atoms with Crippen molar-refractivity contribution in [2.75, 3.05) is 49.5 Å². The Labute approximate surface area is 214 Å². The molecule has 3 aliphatic heterocycles. The fraction of sp³-hybridized carbons (Fsp3) is 0.214. The van der Waals surface area contributed by atoms with Crippen LogP contribution in [0.2, 0.25) is 0 Å². The van der Waals surface area contributed by atoms with Crippen molar-refractivity contribution in [1.29, 1.82) is 0 Å². The number of aromatic amines is 1. The molecule has 0 saturated carbocycles. The fourth-order valence-corrected chi connectivity index (χ4v) is 4.91. The summed E-state index contributed by atoms with van der Waals surface area (Å²) in [5, 5.41) is 3.44. The Morgan fingerprint density at radius 3 is 2.54 bits per heavy atom. The number of rotatable bonds is 5. The number of amides is 1. The van der Waals surface area contributed by atoms with Crippen molar-refractivity contribution in [3.63, 3.8) is 0 Å². The van der Waals surface area contributed by atoms with Crippen LogP contribution in [0, 0.1) is 0 Å². The molecule has 9 nitrogen and oxygen atoms in total. The first-order valence-electron chi connectivity index (χ1n) is 12.4. The average Bonchev–Trinajstić information content (AvgIpc) is 3.45. The van der Waals surface area contributed by atoms with E-state index < -0.39 is 0 Å². The number of benzene rings is 1. The number of carbonyl (C=O) groups excluding carboxylic acids is 1. The molecule has 0 atom stereocenters. The number of aromatic nitrogens is 2. The van der Waals surface area contributed by atoms with Crippen LogP contribution in [0.15, 0.2) is 94.6 Å². The number of pyridine rings is 2. The van der Waals surface area contributed by atoms with Crippen molar-refractivity contribution < 1.29 is 4.79 Å². The summed E-state index contributed by atoms with van der Waals surface area (Å²) in [7, 11) is 0. The van der Waals surface area contributed by atoms with E-state index in [0.717, 1.165) is 53.9 Å². The average molecular weight is 494 g/mol. The van der Waals surface area contributed by atoms with Crippen LogP contribution in [0.25, 0.3) is 5.70 Å². The summed E-state index contributed by atoms with van der Waals surface area (Å²) in [4.78, 5) is 42.9. The van der Waals surface area contributed by atoms with Crippen LogP contribution in [0.1, 0.15) is 15.9 Å². The zero-order valence-corrected chi connectivity index (χ0v) is 20.3. The minimum atomic E-state index is -0.131. The summed E-state index contributed by atoms with van der Waals surface area (Å²) < 4.78 is 0. The Hall–Kier alpha value is -4.66. The number of hydrogen-bond acceptors (Lipinski definition) is 7. The molecule has 1 saturated heterocycles. The molecule has 186 valence electrons. The normalized spacial score (nSPS) is 17.1. The lowest BCUT2D eigenvalue weighted by Gasteiger charge is -2.35. The number of hydrogen-bond donors (Lipinski definition) is 2. The van der Waals surface area contributed by atoms with E-state index in [9.17, 15) is 9.59 Å². The second-order valence-electron chi connectivity index (χ2n) is 9.10. The Balaban J connectivity index is 1.12. The number of carbonyl (C=O) groups is 1. The van der Waals surface area contributed by atoms with Gasteiger partial charge in [0.15, 0.2) is 5.84 Å². The number of anilines is 2. The maximum atomic E-state index is 13.1. The molecule has 1 aromatic carbocycles. The molecular formula is C28H27N7O2. The molecule has 0 unspecified atom stereocenters. The molecule has 0 spiro atoms. The smallest absolute Gasteiger partial charge is 0.253 e. The molecule has 1 amide bonds. The number of aliphatic imine (C=N–C) groups is 1. The third-order valence-electron chi connectivity index (χ3n) is 6.80. The lowest BCUT2D eigenvalue weighted by Crippen LogP contribution is -2.49. The zero-order chi connectivity index (χ0) is 25.2. The van der Waals surface area contributed by atoms with Crippen molar-refractivity contribution >= 4 is 28.9 Å². The highest BCUT2D eigenvalue weighted by atomic mass is 16.2. The van der Waals surface area contributed by atoms with Gasteiger partial charge < -0.3 is 25.0 Å². The molecule has 3 aliphatic rings. The standard InChI is InChI=1S/C28H27N7O2/c36-26-19-21(10-12-30-26)24-9-8-23(27-31-13-14-35(24)27)32-22-6-4-20(5-7-22)28(37)34-17-15-33(16-18-34)25-3-1-2-11-29-25/h1-12,19,32H,13-18H2,(H,30,36). The van der Waals surface area contributed by atoms with E-state index in [2.05, 4.69) is 30.1 Å². The van der Waals surface area contributed by atoms with Gasteiger partial charge in [0.2, 0.25) is 5.56 Å². The van der Waals surface area contributed by atoms with Gasteiger partial charge in [-0.05, 0) is 54.6 Å². The molecule has 0 radical (unpaired) electrons. The highest BCUT2D eigenvalue weighted by molar-refractivity contribution is 6.08. The molecule has 6 rings (SSSR count). The predicted molar refractivity (Wildman–Crippen MR) is 145 cm³/mol. The number of H-pyrrole nitrogens is 1. The Kier molecular flexibility index (Phi) is 6.02. The highest BCUT2D eigenvalue weighted by Gasteiger charge is 2.28. The first-order valence-corrected chi connectivity index (χ1v) is 12.4. The summed E-state index contributed by atoms with van der Waals surface area (Å²) in [5.41, 5.74) is 4.12. The van der Waals surface area contributed by atoms with E-state index in [1.54, 1.807) is 18.5 Å². The zero-order valence-electron chi connectivity index (χ0n) is 20.3. The first kappa shape index (κ1) is 22.8. The van der Waals surface area contributed by atoms with Crippen LogP contribution in [0.3, 0.4) is 0 Å². The molecule has 3 aromatic rings. The lowest BCUT2D eigenvalue weighted by atomic mass is 10.1. The fourth-order valence-electron chi connectivity index (χ4n) is 4.91. The largest absolute Gasteiger partial charge is 0.353 e. The van der Waals surface area contributed by atoms with Gasteiger partial charge in [-0.3, -0.25) is 14.6 Å². The Morgan fingerprint density at radius 1 is 0.946 bits per heavy atom. The van der Waals surface area contributed by atoms with Gasteiger partial charge in [0.05, 0.1) is 17.9 Å². The predicted octanol–water partition coefficient (Wildman–Crippen LogP) is 2.80. The van der Waals surface area contributed by atoms with Crippen molar-refractivity contribution in [3.8, 4) is 0 Å². The van der Waals surface area contributed by atoms with Gasteiger partial charge in [0.1, 0.15) is 5.82 Å². The molecule has 9 heteroatoms. The van der Waals surface area contributed by atoms with E-state index in [1.165, 1.54) is 0 Å². The van der Waals surface area contributed by atoms with Gasteiger partial charge in [-0.1, -0.05) is 6.07 Å². The SMILES string of the molecule is O=C(c1ccc(NC2=CC=C(c3cc[nH]c(=O)c3)N3CCN=C23)cc1)N1CCN(c2ccccn2)CC1. The minimum Gasteiger partial charge on any atom is -0.353 e. The molecule has 5 heterocycles. The summed E-state index contributed by atoms with van der Waals surface area (Å²) >= 11 is 0. The highest BCUT2D eigenvalue weighted by Crippen LogP contribution is 2.28. The maximum Gasteiger partial charge on any atom is 0.253 e. The Bertz CT molecular complexity index is 1450. The third-order valence-corrected chi connectivity index (χ3v) is 6.80. The van der Waals surface area contributed by atoms with Crippen molar-refractivity contribution in [3.05, 3.63) is 106 Å². The molecule has 0 bridgehead atoms. The molecule has 2 N–H and O–H groups in total. The van der Waals surface area contributed by atoms with E-state index in [1.807, 2.05) is 65.6 Å². The van der Waals surface area contributed by atoms with Gasteiger partial charge in [-0.2, -0.15) is 0 Å². The van der Waals surface area contributed by atoms with E-state index in [-0.39, 0.29) is 11.5 Å². The van der Waals surface area contributed by atoms with E-state index in [0.29, 0.717) is 25.2 Å². The molecule has 1 fully saturated rings. The monoisotopic (exact) mass is 493 g/mol. The summed E-state index contributed by atoms with van der Waals surface area (Å²) in [6, 6.07) is 17.0. The van der Waals surface area contributed by atoms with Gasteiger partial charge in [-0.15, -0.1) is 0 Å². The van der Waals surface area contributed by atoms with Gasteiger partial charge in [0.25, 0.3) is 5.91 Å². The van der Waals surface area contributed by atoms with Crippen LogP contribution >= 0.6 is 0 Å². The Morgan fingerprint density at radius 2 is 1.78 bits per heavy atom. The minimum absolute atomic E-state index is 0.0425. The lowest BCUT2D eigenvalue weighted by molar-refractivity contribution is 0.0746. The van der Waals surface area contributed by atoms with Gasteiger partial charge in [0, 0.05) is 68.0 Å². The van der Waals surface area contributed by atoms with Crippen molar-refractivity contribution in [2.45, 2.75) is 0 Å². The molecular weight excluding hydrogens is 466 g/mol. The molecule has 0 aliphatic carbocycles. The van der Waals surface area contributed by atoms with Crippen molar-refractivity contribution in [2.24, 2.45) is 4.99 Å². The second-order valence-corrected chi connectivity index (χ2v) is 9.10. The van der Waals surface area contributed by atoms with Gasteiger partial charge in [-0.25, -0.2) is 4.98 Å². The second kappa shape index (κ2) is 9.77. The summed E-state index contributed by atoms with van der Waals surface area (Å²) in [6.45, 7) is 4.31. The number of nitrogens with one attached hydrogen (secondary N) is 2. The van der Waals surface area contributed by atoms with Crippen LogP contribution in [-0.2, 0) is 0 Å². The van der Waals surface area contributed by atoms with Crippen molar-refractivity contribution in [1.82, 2.24) is 19.8 Å². The summed E-state index contributed by atoms with van der Waals surface area (Å²) in [5.74, 6) is 1.84. The number of allylic oxidation sites excluding steroid dienone is 2. The summed E-state index contributed by atoms with van der Waals surface area (Å²) in [6.07, 6.45) is 7.44. The van der Waals surface area contributed by atoms with Crippen LogP contribution < -0.4 is 15.8 Å². The quantitative estimate of drug-likeness (QED) is 0.568. The topological polar surface area (TPSA) is 96.9 Å². The van der Waals surface area contributed by atoms with Crippen LogP contribution in [-0.4, -0.2) is 70.8 Å². The third kappa shape index (κ3) is 4.63. The number of fused-ring (bicyclic) bond motifs is 1. The number of amidine groups is 1. The number of piperazine rings is 1. The molecule has 2 aromatic heterocycles. The first-order chi connectivity index (χ1) is 18.2. The molecule has 37 heavy (non-hydrogen) atoms. The van der Waals surface area contributed by atoms with E-state index in [4.69, 9.17) is 0 Å². The maximum absolute atomic E-state index is 13.1. The van der Waals surface area contributed by atoms with Crippen LogP contribution in [0.5, 0.6) is 0 Å². The van der Waals surface area contributed by atoms with Crippen LogP contribution in [0.4, 0.5) is 11.5 Å². The number of nitrogens with zero attached hydrogens (tertiary/aromatic N) is 5. The van der Waals surface area contributed by atoms with Gasteiger partial charge >= 0.3 is 0 Å². The van der Waals surface area contributed by atoms with E-state index >= 15 is 0 Å².